The van der Waals surface area contributed by atoms with Gasteiger partial charge in [-0.25, -0.2) is 4.79 Å². The summed E-state index contributed by atoms with van der Waals surface area (Å²) < 4.78 is 5.21. The van der Waals surface area contributed by atoms with Gasteiger partial charge in [-0.15, -0.1) is 0 Å². The van der Waals surface area contributed by atoms with Crippen LogP contribution in [0.3, 0.4) is 0 Å². The molecule has 1 atom stereocenters. The van der Waals surface area contributed by atoms with Gasteiger partial charge in [-0.1, -0.05) is 0 Å². The van der Waals surface area contributed by atoms with Crippen LogP contribution >= 0.6 is 0 Å². The molecular formula is C10H9NO3. The molecule has 0 heterocycles. The maximum atomic E-state index is 10.3. The molecule has 4 nitrogen and oxygen atoms in total. The van der Waals surface area contributed by atoms with Crippen molar-refractivity contribution in [3.05, 3.63) is 29.8 Å². The first-order chi connectivity index (χ1) is 6.76. The van der Waals surface area contributed by atoms with Crippen LogP contribution in [0.25, 0.3) is 0 Å². The third-order valence-electron chi connectivity index (χ3n) is 1.56. The zero-order chi connectivity index (χ0) is 10.4. The third kappa shape index (κ3) is 2.84. The lowest BCUT2D eigenvalue weighted by Gasteiger charge is -2.07. The predicted molar refractivity (Wildman–Crippen MR) is 50.0 cm³/mol. The molecule has 4 heteroatoms. The molecule has 72 valence electrons. The number of isocyanates is 1. The van der Waals surface area contributed by atoms with Crippen molar-refractivity contribution in [2.75, 3.05) is 0 Å². The molecule has 0 saturated heterocycles. The topological polar surface area (TPSA) is 55.7 Å². The molecule has 1 rings (SSSR count). The van der Waals surface area contributed by atoms with Gasteiger partial charge in [0, 0.05) is 5.56 Å². The van der Waals surface area contributed by atoms with Crippen LogP contribution in [0, 0.1) is 0 Å². The Kier molecular flexibility index (Phi) is 3.58. The molecule has 0 bridgehead atoms. The first kappa shape index (κ1) is 10.2. The van der Waals surface area contributed by atoms with Gasteiger partial charge in [0.1, 0.15) is 12.0 Å². The zero-order valence-corrected chi connectivity index (χ0v) is 7.64. The van der Waals surface area contributed by atoms with Gasteiger partial charge in [-0.05, 0) is 31.2 Å². The van der Waals surface area contributed by atoms with Crippen LogP contribution in [0.15, 0.2) is 29.3 Å². The average molecular weight is 191 g/mol. The Morgan fingerprint density at radius 1 is 1.43 bits per heavy atom. The number of nitrogens with zero attached hydrogens (tertiary/aromatic N) is 1. The third-order valence-corrected chi connectivity index (χ3v) is 1.56. The molecule has 1 aromatic rings. The highest BCUT2D eigenvalue weighted by Crippen LogP contribution is 2.12. The predicted octanol–water partition coefficient (Wildman–Crippen LogP) is 1.56. The van der Waals surface area contributed by atoms with Crippen molar-refractivity contribution in [2.24, 2.45) is 4.99 Å². The van der Waals surface area contributed by atoms with E-state index in [-0.39, 0.29) is 0 Å². The summed E-state index contributed by atoms with van der Waals surface area (Å²) in [5.74, 6) is 0.558. The van der Waals surface area contributed by atoms with Crippen molar-refractivity contribution >= 4 is 12.4 Å². The van der Waals surface area contributed by atoms with E-state index < -0.39 is 6.23 Å². The van der Waals surface area contributed by atoms with E-state index in [0.717, 1.165) is 6.29 Å². The van der Waals surface area contributed by atoms with Crippen LogP contribution in [-0.2, 0) is 4.79 Å². The molecule has 0 aliphatic carbocycles. The van der Waals surface area contributed by atoms with Gasteiger partial charge in [0.25, 0.3) is 0 Å². The fourth-order valence-corrected chi connectivity index (χ4v) is 0.922. The quantitative estimate of drug-likeness (QED) is 0.412. The van der Waals surface area contributed by atoms with E-state index in [1.165, 1.54) is 6.08 Å². The summed E-state index contributed by atoms with van der Waals surface area (Å²) in [4.78, 5) is 23.6. The van der Waals surface area contributed by atoms with Crippen LogP contribution in [-0.4, -0.2) is 18.6 Å². The van der Waals surface area contributed by atoms with Gasteiger partial charge in [0.05, 0.1) is 0 Å². The number of rotatable bonds is 4. The van der Waals surface area contributed by atoms with Crippen molar-refractivity contribution in [3.63, 3.8) is 0 Å². The van der Waals surface area contributed by atoms with Crippen LogP contribution < -0.4 is 4.74 Å². The van der Waals surface area contributed by atoms with Crippen molar-refractivity contribution in [1.82, 2.24) is 0 Å². The van der Waals surface area contributed by atoms with Gasteiger partial charge >= 0.3 is 0 Å². The van der Waals surface area contributed by atoms with Crippen molar-refractivity contribution < 1.29 is 14.3 Å². The molecule has 0 aliphatic heterocycles. The first-order valence-corrected chi connectivity index (χ1v) is 4.05. The molecule has 1 unspecified atom stereocenters. The highest BCUT2D eigenvalue weighted by molar-refractivity contribution is 5.74. The maximum absolute atomic E-state index is 10.3. The summed E-state index contributed by atoms with van der Waals surface area (Å²) >= 11 is 0. The summed E-state index contributed by atoms with van der Waals surface area (Å²) in [7, 11) is 0. The van der Waals surface area contributed by atoms with Gasteiger partial charge in [0.15, 0.2) is 6.23 Å². The molecule has 0 aliphatic rings. The fourth-order valence-electron chi connectivity index (χ4n) is 0.922. The van der Waals surface area contributed by atoms with Crippen molar-refractivity contribution in [1.29, 1.82) is 0 Å². The minimum Gasteiger partial charge on any atom is -0.468 e. The number of hydrogen-bond acceptors (Lipinski definition) is 4. The van der Waals surface area contributed by atoms with E-state index in [1.807, 2.05) is 0 Å². The van der Waals surface area contributed by atoms with Crippen molar-refractivity contribution in [3.8, 4) is 5.75 Å². The largest absolute Gasteiger partial charge is 0.468 e. The molecule has 0 fully saturated rings. The minimum atomic E-state index is -0.561. The molecule has 0 saturated carbocycles. The Balaban J connectivity index is 2.68. The second kappa shape index (κ2) is 4.94. The monoisotopic (exact) mass is 191 g/mol. The maximum Gasteiger partial charge on any atom is 0.238 e. The minimum absolute atomic E-state index is 0.558. The summed E-state index contributed by atoms with van der Waals surface area (Å²) in [6, 6.07) is 6.53. The first-order valence-electron chi connectivity index (χ1n) is 4.05. The SMILES string of the molecule is CC(N=C=O)Oc1ccc(C=O)cc1. The highest BCUT2D eigenvalue weighted by atomic mass is 16.5. The van der Waals surface area contributed by atoms with Crippen LogP contribution in [0.4, 0.5) is 0 Å². The number of benzene rings is 1. The molecule has 0 spiro atoms. The second-order valence-electron chi connectivity index (χ2n) is 2.62. The van der Waals surface area contributed by atoms with E-state index >= 15 is 0 Å². The number of carbonyl (C=O) groups is 1. The zero-order valence-electron chi connectivity index (χ0n) is 7.64. The van der Waals surface area contributed by atoms with E-state index in [9.17, 15) is 9.59 Å². The molecule has 1 aromatic carbocycles. The molecule has 0 aromatic heterocycles. The smallest absolute Gasteiger partial charge is 0.238 e. The van der Waals surface area contributed by atoms with Crippen LogP contribution in [0.1, 0.15) is 17.3 Å². The molecule has 0 radical (unpaired) electrons. The number of aldehydes is 1. The molecule has 0 amide bonds. The molecular weight excluding hydrogens is 182 g/mol. The lowest BCUT2D eigenvalue weighted by atomic mass is 10.2. The number of ether oxygens (including phenoxy) is 1. The Hall–Kier alpha value is -1.93. The van der Waals surface area contributed by atoms with Crippen LogP contribution in [0.5, 0.6) is 5.75 Å². The fraction of sp³-hybridized carbons (Fsp3) is 0.200. The second-order valence-corrected chi connectivity index (χ2v) is 2.62. The standard InChI is InChI=1S/C10H9NO3/c1-8(11-7-13)14-10-4-2-9(6-12)3-5-10/h2-6,8H,1H3. The number of carbonyl (C=O) groups excluding carboxylic acids is 2. The highest BCUT2D eigenvalue weighted by Gasteiger charge is 2.00. The lowest BCUT2D eigenvalue weighted by molar-refractivity contribution is 0.112. The lowest BCUT2D eigenvalue weighted by Crippen LogP contribution is -2.07. The van der Waals surface area contributed by atoms with E-state index in [1.54, 1.807) is 31.2 Å². The Labute approximate surface area is 81.2 Å². The van der Waals surface area contributed by atoms with Crippen molar-refractivity contribution in [2.45, 2.75) is 13.2 Å². The van der Waals surface area contributed by atoms with Gasteiger partial charge in [-0.3, -0.25) is 4.79 Å². The Bertz CT molecular complexity index is 352. The van der Waals surface area contributed by atoms with E-state index in [0.29, 0.717) is 11.3 Å². The summed E-state index contributed by atoms with van der Waals surface area (Å²) in [6.07, 6.45) is 1.59. The Morgan fingerprint density at radius 2 is 2.07 bits per heavy atom. The van der Waals surface area contributed by atoms with Gasteiger partial charge in [-0.2, -0.15) is 4.99 Å². The summed E-state index contributed by atoms with van der Waals surface area (Å²) in [5, 5.41) is 0. The van der Waals surface area contributed by atoms with E-state index in [4.69, 9.17) is 4.74 Å². The molecule has 0 N–H and O–H groups in total. The van der Waals surface area contributed by atoms with Crippen LogP contribution in [0.2, 0.25) is 0 Å². The van der Waals surface area contributed by atoms with E-state index in [2.05, 4.69) is 4.99 Å². The van der Waals surface area contributed by atoms with Gasteiger partial charge < -0.3 is 4.74 Å². The molecule has 14 heavy (non-hydrogen) atoms. The Morgan fingerprint density at radius 3 is 2.57 bits per heavy atom. The number of hydrogen-bond donors (Lipinski definition) is 0. The summed E-state index contributed by atoms with van der Waals surface area (Å²) in [5.41, 5.74) is 0.573. The average Bonchev–Trinajstić information content (AvgIpc) is 2.19. The van der Waals surface area contributed by atoms with Gasteiger partial charge in [0.2, 0.25) is 6.08 Å². The normalized spacial score (nSPS) is 11.2. The summed E-state index contributed by atoms with van der Waals surface area (Å²) in [6.45, 7) is 1.62. The number of aliphatic imine (C=N–C) groups is 1.